The Morgan fingerprint density at radius 3 is 2.64 bits per heavy atom. The van der Waals surface area contributed by atoms with Gasteiger partial charge in [0, 0.05) is 19.0 Å². The van der Waals surface area contributed by atoms with E-state index in [1.165, 1.54) is 11.9 Å². The summed E-state index contributed by atoms with van der Waals surface area (Å²) in [4.78, 5) is 54.1. The van der Waals surface area contributed by atoms with Crippen molar-refractivity contribution in [3.8, 4) is 11.5 Å². The number of anilines is 1. The summed E-state index contributed by atoms with van der Waals surface area (Å²) in [7, 11) is 1.48. The topological polar surface area (TPSA) is 117 Å². The van der Waals surface area contributed by atoms with Crippen molar-refractivity contribution < 1.29 is 28.7 Å². The van der Waals surface area contributed by atoms with Crippen molar-refractivity contribution >= 4 is 29.4 Å². The van der Waals surface area contributed by atoms with E-state index >= 15 is 0 Å². The summed E-state index contributed by atoms with van der Waals surface area (Å²) in [5, 5.41) is 5.30. The maximum absolute atomic E-state index is 13.5. The number of nitrogens with one attached hydrogen (secondary N) is 2. The van der Waals surface area contributed by atoms with Gasteiger partial charge < -0.3 is 25.0 Å². The summed E-state index contributed by atoms with van der Waals surface area (Å²) in [5.74, 6) is -0.476. The minimum Gasteiger partial charge on any atom is -0.493 e. The average molecular weight is 450 g/mol. The van der Waals surface area contributed by atoms with Gasteiger partial charge in [0.05, 0.1) is 18.8 Å². The van der Waals surface area contributed by atoms with E-state index in [2.05, 4.69) is 10.6 Å². The van der Waals surface area contributed by atoms with Crippen molar-refractivity contribution in [1.82, 2.24) is 15.5 Å². The number of amides is 5. The van der Waals surface area contributed by atoms with Crippen LogP contribution in [0.25, 0.3) is 0 Å². The second-order valence-corrected chi connectivity index (χ2v) is 8.01. The van der Waals surface area contributed by atoms with Crippen LogP contribution in [0.2, 0.25) is 0 Å². The van der Waals surface area contributed by atoms with E-state index in [0.29, 0.717) is 22.7 Å². The van der Waals surface area contributed by atoms with E-state index in [1.807, 2.05) is 0 Å². The Labute approximate surface area is 189 Å². The molecule has 0 radical (unpaired) electrons. The van der Waals surface area contributed by atoms with Gasteiger partial charge in [-0.05, 0) is 18.2 Å². The number of ether oxygens (including phenoxy) is 2. The molecule has 5 rings (SSSR count). The van der Waals surface area contributed by atoms with E-state index in [1.54, 1.807) is 48.5 Å². The van der Waals surface area contributed by atoms with Crippen LogP contribution in [0.1, 0.15) is 12.0 Å². The summed E-state index contributed by atoms with van der Waals surface area (Å²) in [6, 6.07) is 13.2. The van der Waals surface area contributed by atoms with Gasteiger partial charge in [-0.3, -0.25) is 19.3 Å². The van der Waals surface area contributed by atoms with E-state index in [4.69, 9.17) is 9.47 Å². The van der Waals surface area contributed by atoms with Crippen LogP contribution in [0.5, 0.6) is 11.5 Å². The van der Waals surface area contributed by atoms with Gasteiger partial charge in [-0.25, -0.2) is 4.79 Å². The highest BCUT2D eigenvalue weighted by Crippen LogP contribution is 2.41. The Balaban J connectivity index is 1.42. The molecular formula is C23H22N4O6. The lowest BCUT2D eigenvalue weighted by molar-refractivity contribution is -0.136. The normalized spacial score (nSPS) is 23.2. The van der Waals surface area contributed by atoms with Crippen molar-refractivity contribution in [3.05, 3.63) is 54.1 Å². The van der Waals surface area contributed by atoms with Crippen LogP contribution in [0.15, 0.2) is 48.5 Å². The van der Waals surface area contributed by atoms with Crippen molar-refractivity contribution in [2.75, 3.05) is 31.6 Å². The Morgan fingerprint density at radius 2 is 1.85 bits per heavy atom. The number of imide groups is 1. The number of likely N-dealkylation sites (N-methyl/N-ethyl adjacent to an activating group) is 1. The minimum absolute atomic E-state index is 0.0407. The van der Waals surface area contributed by atoms with Gasteiger partial charge in [0.25, 0.3) is 11.8 Å². The highest BCUT2D eigenvalue weighted by atomic mass is 16.5. The molecule has 2 aromatic carbocycles. The molecular weight excluding hydrogens is 428 g/mol. The largest absolute Gasteiger partial charge is 0.493 e. The van der Waals surface area contributed by atoms with Crippen molar-refractivity contribution in [3.63, 3.8) is 0 Å². The van der Waals surface area contributed by atoms with Crippen LogP contribution in [0, 0.1) is 0 Å². The summed E-state index contributed by atoms with van der Waals surface area (Å²) >= 11 is 0. The van der Waals surface area contributed by atoms with Gasteiger partial charge in [0.15, 0.2) is 11.6 Å². The highest BCUT2D eigenvalue weighted by Gasteiger charge is 2.55. The fraction of sp³-hybridized carbons (Fsp3) is 0.304. The SMILES string of the molecule is CNC(=O)[C@@H]1CN(C(=O)CN2C(=O)N[C@@]3(CCOc4ccccc43)C2=O)c2ccccc2O1. The molecule has 1 spiro atoms. The number of hydrogen-bond donors (Lipinski definition) is 2. The zero-order chi connectivity index (χ0) is 23.2. The molecule has 0 saturated carbocycles. The van der Waals surface area contributed by atoms with Gasteiger partial charge in [-0.15, -0.1) is 0 Å². The minimum atomic E-state index is -1.26. The van der Waals surface area contributed by atoms with Crippen LogP contribution >= 0.6 is 0 Å². The molecule has 2 atom stereocenters. The van der Waals surface area contributed by atoms with Crippen LogP contribution in [-0.4, -0.2) is 61.5 Å². The summed E-state index contributed by atoms with van der Waals surface area (Å²) in [6.45, 7) is -0.249. The maximum Gasteiger partial charge on any atom is 0.325 e. The molecule has 1 fully saturated rings. The van der Waals surface area contributed by atoms with E-state index in [-0.39, 0.29) is 25.5 Å². The third-order valence-electron chi connectivity index (χ3n) is 6.16. The first-order valence-electron chi connectivity index (χ1n) is 10.6. The Bertz CT molecular complexity index is 1170. The lowest BCUT2D eigenvalue weighted by atomic mass is 9.84. The molecule has 2 N–H and O–H groups in total. The molecule has 0 bridgehead atoms. The lowest BCUT2D eigenvalue weighted by Crippen LogP contribution is -2.53. The monoisotopic (exact) mass is 450 g/mol. The maximum atomic E-state index is 13.5. The van der Waals surface area contributed by atoms with Gasteiger partial charge in [-0.2, -0.15) is 0 Å². The second-order valence-electron chi connectivity index (χ2n) is 8.01. The number of rotatable bonds is 3. The Morgan fingerprint density at radius 1 is 1.12 bits per heavy atom. The standard InChI is InChI=1S/C23H22N4O6/c1-24-20(29)18-12-26(15-7-3-5-9-17(15)33-18)19(28)13-27-21(30)23(25-22(27)31)10-11-32-16-8-4-2-6-14(16)23/h2-9,18H,10-13H2,1H3,(H,24,29)(H,25,31)/t18-,23+/m0/s1. The molecule has 33 heavy (non-hydrogen) atoms. The number of para-hydroxylation sites is 3. The molecule has 5 amide bonds. The van der Waals surface area contributed by atoms with E-state index < -0.39 is 36.0 Å². The smallest absolute Gasteiger partial charge is 0.325 e. The summed E-state index contributed by atoms with van der Waals surface area (Å²) in [6.07, 6.45) is -0.649. The zero-order valence-electron chi connectivity index (χ0n) is 17.9. The molecule has 0 aromatic heterocycles. The van der Waals surface area contributed by atoms with Gasteiger partial charge in [0.2, 0.25) is 5.91 Å². The molecule has 170 valence electrons. The molecule has 1 saturated heterocycles. The molecule has 0 unspecified atom stereocenters. The average Bonchev–Trinajstić information content (AvgIpc) is 3.07. The van der Waals surface area contributed by atoms with Gasteiger partial charge in [0.1, 0.15) is 18.0 Å². The number of hydrogen-bond acceptors (Lipinski definition) is 6. The number of carbonyl (C=O) groups is 4. The molecule has 10 nitrogen and oxygen atoms in total. The summed E-state index contributed by atoms with van der Waals surface area (Å²) in [5.41, 5.74) is -0.221. The molecule has 3 heterocycles. The first-order chi connectivity index (χ1) is 15.9. The molecule has 2 aromatic rings. The number of fused-ring (bicyclic) bond motifs is 3. The van der Waals surface area contributed by atoms with Crippen LogP contribution in [0.3, 0.4) is 0 Å². The van der Waals surface area contributed by atoms with Gasteiger partial charge >= 0.3 is 6.03 Å². The van der Waals surface area contributed by atoms with Crippen LogP contribution < -0.4 is 25.0 Å². The van der Waals surface area contributed by atoms with Crippen LogP contribution in [-0.2, 0) is 19.9 Å². The number of urea groups is 1. The molecule has 10 heteroatoms. The quantitative estimate of drug-likeness (QED) is 0.667. The third kappa shape index (κ3) is 3.25. The third-order valence-corrected chi connectivity index (χ3v) is 6.16. The fourth-order valence-electron chi connectivity index (χ4n) is 4.50. The zero-order valence-corrected chi connectivity index (χ0v) is 17.9. The predicted molar refractivity (Wildman–Crippen MR) is 116 cm³/mol. The predicted octanol–water partition coefficient (Wildman–Crippen LogP) is 0.756. The van der Waals surface area contributed by atoms with Crippen molar-refractivity contribution in [2.24, 2.45) is 0 Å². The van der Waals surface area contributed by atoms with Crippen molar-refractivity contribution in [1.29, 1.82) is 0 Å². The van der Waals surface area contributed by atoms with Crippen LogP contribution in [0.4, 0.5) is 10.5 Å². The highest BCUT2D eigenvalue weighted by molar-refractivity contribution is 6.11. The van der Waals surface area contributed by atoms with Gasteiger partial charge in [-0.1, -0.05) is 30.3 Å². The number of benzene rings is 2. The molecule has 3 aliphatic rings. The first kappa shape index (κ1) is 20.8. The summed E-state index contributed by atoms with van der Waals surface area (Å²) < 4.78 is 11.4. The molecule has 3 aliphatic heterocycles. The number of carbonyl (C=O) groups excluding carboxylic acids is 4. The first-order valence-corrected chi connectivity index (χ1v) is 10.6. The lowest BCUT2D eigenvalue weighted by Gasteiger charge is -2.35. The van der Waals surface area contributed by atoms with E-state index in [9.17, 15) is 19.2 Å². The second kappa shape index (κ2) is 7.80. The Hall–Kier alpha value is -4.08. The van der Waals surface area contributed by atoms with Crippen molar-refractivity contribution in [2.45, 2.75) is 18.1 Å². The fourth-order valence-corrected chi connectivity index (χ4v) is 4.50. The van der Waals surface area contributed by atoms with E-state index in [0.717, 1.165) is 4.90 Å². The number of nitrogens with zero attached hydrogens (tertiary/aromatic N) is 2. The Kier molecular flexibility index (Phi) is 4.92. The molecule has 0 aliphatic carbocycles.